The Hall–Kier alpha value is -0.0600. The van der Waals surface area contributed by atoms with E-state index in [1.807, 2.05) is 27.0 Å². The molecule has 0 N–H and O–H groups in total. The van der Waals surface area contributed by atoms with Crippen molar-refractivity contribution in [3.63, 3.8) is 0 Å². The average molecular weight is 245 g/mol. The van der Waals surface area contributed by atoms with Crippen LogP contribution in [0.5, 0.6) is 0 Å². The number of ether oxygens (including phenoxy) is 1. The van der Waals surface area contributed by atoms with Crippen molar-refractivity contribution >= 4 is 17.6 Å². The Labute approximate surface area is 102 Å². The van der Waals surface area contributed by atoms with E-state index in [4.69, 9.17) is 4.74 Å². The number of nitrogens with zero attached hydrogens (tertiary/aromatic N) is 1. The van der Waals surface area contributed by atoms with Crippen LogP contribution >= 0.6 is 0 Å². The third-order valence-corrected chi connectivity index (χ3v) is 4.13. The van der Waals surface area contributed by atoms with E-state index in [0.717, 1.165) is 44.8 Å². The minimum Gasteiger partial charge on any atom is -0.591 e. The second kappa shape index (κ2) is 6.62. The first-order valence-corrected chi connectivity index (χ1v) is 7.13. The molecule has 1 aliphatic heterocycles. The Bertz CT molecular complexity index is 220. The third-order valence-electron chi connectivity index (χ3n) is 2.74. The van der Waals surface area contributed by atoms with Gasteiger partial charge in [-0.1, -0.05) is 4.40 Å². The Morgan fingerprint density at radius 3 is 2.56 bits per heavy atom. The van der Waals surface area contributed by atoms with E-state index in [2.05, 4.69) is 4.40 Å². The molecule has 1 unspecified atom stereocenters. The molecule has 3 nitrogen and oxygen atoms in total. The lowest BCUT2D eigenvalue weighted by Crippen LogP contribution is -2.25. The maximum Gasteiger partial charge on any atom is 0.144 e. The summed E-state index contributed by atoms with van der Waals surface area (Å²) < 4.78 is 20.8. The molecule has 4 heteroatoms. The van der Waals surface area contributed by atoms with Gasteiger partial charge in [-0.05, 0) is 52.4 Å². The number of hydrogen-bond donors (Lipinski definition) is 0. The summed E-state index contributed by atoms with van der Waals surface area (Å²) in [4.78, 5) is 0. The van der Waals surface area contributed by atoms with Crippen molar-refractivity contribution < 1.29 is 9.29 Å². The van der Waals surface area contributed by atoms with E-state index in [1.54, 1.807) is 0 Å². The molecule has 0 bridgehead atoms. The van der Waals surface area contributed by atoms with Crippen molar-refractivity contribution in [2.45, 2.75) is 51.2 Å². The molecule has 0 saturated carbocycles. The molecule has 1 rings (SSSR count). The summed E-state index contributed by atoms with van der Waals surface area (Å²) in [6, 6.07) is 0. The van der Waals surface area contributed by atoms with Crippen LogP contribution < -0.4 is 0 Å². The van der Waals surface area contributed by atoms with Gasteiger partial charge in [0.1, 0.15) is 16.1 Å². The summed E-state index contributed by atoms with van der Waals surface area (Å²) in [7, 11) is 0. The average Bonchev–Trinajstić information content (AvgIpc) is 2.24. The highest BCUT2D eigenvalue weighted by molar-refractivity contribution is 7.91. The zero-order chi connectivity index (χ0) is 12.0. The summed E-state index contributed by atoms with van der Waals surface area (Å²) in [5.74, 6) is 0.767. The van der Waals surface area contributed by atoms with E-state index in [-0.39, 0.29) is 4.75 Å². The predicted molar refractivity (Wildman–Crippen MR) is 69.2 cm³/mol. The summed E-state index contributed by atoms with van der Waals surface area (Å²) in [6.45, 7) is 7.63. The van der Waals surface area contributed by atoms with E-state index in [9.17, 15) is 4.55 Å². The largest absolute Gasteiger partial charge is 0.591 e. The van der Waals surface area contributed by atoms with Crippen molar-refractivity contribution in [3.05, 3.63) is 0 Å². The monoisotopic (exact) mass is 245 g/mol. The first-order valence-electron chi connectivity index (χ1n) is 6.02. The molecule has 0 radical (unpaired) electrons. The molecule has 1 atom stereocenters. The zero-order valence-electron chi connectivity index (χ0n) is 10.6. The van der Waals surface area contributed by atoms with E-state index >= 15 is 0 Å². The highest BCUT2D eigenvalue weighted by Crippen LogP contribution is 2.20. The van der Waals surface area contributed by atoms with Gasteiger partial charge in [-0.2, -0.15) is 0 Å². The molecule has 1 saturated heterocycles. The van der Waals surface area contributed by atoms with Crippen LogP contribution in [0.4, 0.5) is 0 Å². The fraction of sp³-hybridized carbons (Fsp3) is 0.917. The highest BCUT2D eigenvalue weighted by atomic mass is 32.2. The molecule has 1 aliphatic rings. The lowest BCUT2D eigenvalue weighted by molar-refractivity contribution is 0.0646. The molecule has 1 heterocycles. The van der Waals surface area contributed by atoms with Crippen LogP contribution in [0.3, 0.4) is 0 Å². The quantitative estimate of drug-likeness (QED) is 0.564. The van der Waals surface area contributed by atoms with Gasteiger partial charge in [0.2, 0.25) is 0 Å². The minimum atomic E-state index is -1.10. The molecule has 0 aliphatic carbocycles. The molecule has 16 heavy (non-hydrogen) atoms. The van der Waals surface area contributed by atoms with Crippen molar-refractivity contribution in [1.29, 1.82) is 0 Å². The fourth-order valence-corrected chi connectivity index (χ4v) is 2.18. The Balaban J connectivity index is 2.16. The smallest absolute Gasteiger partial charge is 0.144 e. The third kappa shape index (κ3) is 5.32. The fourth-order valence-electron chi connectivity index (χ4n) is 1.62. The zero-order valence-corrected chi connectivity index (χ0v) is 11.4. The normalized spacial score (nSPS) is 21.5. The van der Waals surface area contributed by atoms with E-state index in [1.165, 1.54) is 0 Å². The van der Waals surface area contributed by atoms with Gasteiger partial charge in [0.05, 0.1) is 6.21 Å². The Morgan fingerprint density at radius 2 is 2.00 bits per heavy atom. The van der Waals surface area contributed by atoms with Crippen LogP contribution in [0.15, 0.2) is 4.40 Å². The molecule has 0 aromatic carbocycles. The van der Waals surface area contributed by atoms with Crippen molar-refractivity contribution in [1.82, 2.24) is 0 Å². The summed E-state index contributed by atoms with van der Waals surface area (Å²) >= 11 is -1.10. The maximum atomic E-state index is 11.6. The van der Waals surface area contributed by atoms with Crippen molar-refractivity contribution in [2.75, 3.05) is 13.2 Å². The standard InChI is InChI=1S/C12H23NO2S/c1-12(2,3)16(14)13-8-4-5-11-6-9-15-10-7-11/h8,11H,4-7,9-10H2,1-3H3. The molecule has 94 valence electrons. The maximum absolute atomic E-state index is 11.6. The Kier molecular flexibility index (Phi) is 5.79. The van der Waals surface area contributed by atoms with Gasteiger partial charge in [0.25, 0.3) is 0 Å². The summed E-state index contributed by atoms with van der Waals surface area (Å²) in [5.41, 5.74) is 0. The lowest BCUT2D eigenvalue weighted by Gasteiger charge is -2.21. The molecule has 0 amide bonds. The topological polar surface area (TPSA) is 44.7 Å². The Morgan fingerprint density at radius 1 is 1.38 bits per heavy atom. The van der Waals surface area contributed by atoms with Crippen LogP contribution in [-0.2, 0) is 16.1 Å². The molecule has 1 fully saturated rings. The van der Waals surface area contributed by atoms with Gasteiger partial charge in [0.15, 0.2) is 0 Å². The van der Waals surface area contributed by atoms with Crippen molar-refractivity contribution in [2.24, 2.45) is 10.3 Å². The molecule has 0 aromatic rings. The van der Waals surface area contributed by atoms with E-state index < -0.39 is 11.4 Å². The molecule has 0 aromatic heterocycles. The van der Waals surface area contributed by atoms with Gasteiger partial charge in [-0.25, -0.2) is 0 Å². The van der Waals surface area contributed by atoms with Crippen LogP contribution in [0.25, 0.3) is 0 Å². The van der Waals surface area contributed by atoms with Crippen molar-refractivity contribution in [3.8, 4) is 0 Å². The first-order chi connectivity index (χ1) is 7.50. The summed E-state index contributed by atoms with van der Waals surface area (Å²) in [5, 5.41) is 0. The number of rotatable bonds is 4. The predicted octanol–water partition coefficient (Wildman–Crippen LogP) is 2.73. The van der Waals surface area contributed by atoms with Crippen LogP contribution in [0.1, 0.15) is 46.5 Å². The van der Waals surface area contributed by atoms with Crippen LogP contribution in [-0.4, -0.2) is 28.7 Å². The van der Waals surface area contributed by atoms with Crippen LogP contribution in [0, 0.1) is 5.92 Å². The molecule has 0 spiro atoms. The van der Waals surface area contributed by atoms with Gasteiger partial charge in [0, 0.05) is 13.2 Å². The van der Waals surface area contributed by atoms with Gasteiger partial charge in [-0.3, -0.25) is 0 Å². The van der Waals surface area contributed by atoms with Gasteiger partial charge >= 0.3 is 0 Å². The second-order valence-corrected chi connectivity index (χ2v) is 7.22. The molecular formula is C12H23NO2S. The molecular weight excluding hydrogens is 222 g/mol. The first kappa shape index (κ1) is 14.0. The second-order valence-electron chi connectivity index (χ2n) is 5.28. The number of hydrogen-bond acceptors (Lipinski definition) is 3. The van der Waals surface area contributed by atoms with E-state index in [0.29, 0.717) is 0 Å². The highest BCUT2D eigenvalue weighted by Gasteiger charge is 2.25. The SMILES string of the molecule is CC(C)(C)[S+]([O-])N=CCCC1CCOCC1. The minimum absolute atomic E-state index is 0.241. The van der Waals surface area contributed by atoms with Gasteiger partial charge in [-0.15, -0.1) is 0 Å². The summed E-state index contributed by atoms with van der Waals surface area (Å²) in [6.07, 6.45) is 6.24. The van der Waals surface area contributed by atoms with Gasteiger partial charge < -0.3 is 9.29 Å². The van der Waals surface area contributed by atoms with Crippen LogP contribution in [0.2, 0.25) is 0 Å². The lowest BCUT2D eigenvalue weighted by atomic mass is 9.95.